The molecule has 0 aliphatic rings. The molecule has 0 heterocycles. The molecule has 5 nitrogen and oxygen atoms in total. The molecule has 1 atom stereocenters. The van der Waals surface area contributed by atoms with Gasteiger partial charge in [0.25, 0.3) is 0 Å². The van der Waals surface area contributed by atoms with E-state index in [9.17, 15) is 15.0 Å². The van der Waals surface area contributed by atoms with E-state index >= 15 is 0 Å². The molecule has 1 aromatic rings. The van der Waals surface area contributed by atoms with Crippen LogP contribution in [-0.2, 0) is 11.2 Å². The number of carboxylic acids is 1. The third kappa shape index (κ3) is 3.67. The number of carboxylic acid groups (broad SMARTS) is 1. The third-order valence-corrected chi connectivity index (χ3v) is 3.84. The van der Waals surface area contributed by atoms with Gasteiger partial charge in [0.05, 0.1) is 6.61 Å². The number of hydrogen-bond donors (Lipinski definition) is 2. The summed E-state index contributed by atoms with van der Waals surface area (Å²) in [5, 5.41) is 19.9. The second-order valence-electron chi connectivity index (χ2n) is 5.12. The Kier molecular flexibility index (Phi) is 6.03. The second kappa shape index (κ2) is 7.31. The molecule has 0 aliphatic carbocycles. The zero-order valence-corrected chi connectivity index (χ0v) is 13.2. The number of phenols is 1. The largest absolute Gasteiger partial charge is 0.504 e. The Hall–Kier alpha value is -1.75. The fraction of sp³-hybridized carbons (Fsp3) is 0.562. The number of likely N-dealkylation sites (N-methyl/N-ethyl adjacent to an activating group) is 1. The fourth-order valence-electron chi connectivity index (χ4n) is 2.60. The van der Waals surface area contributed by atoms with Crippen LogP contribution in [0.4, 0.5) is 0 Å². The molecule has 1 unspecified atom stereocenters. The minimum atomic E-state index is -1.06. The summed E-state index contributed by atoms with van der Waals surface area (Å²) in [6, 6.07) is 5.19. The maximum absolute atomic E-state index is 11.8. The first kappa shape index (κ1) is 17.3. The molecule has 1 rings (SSSR count). The number of ether oxygens (including phenoxy) is 1. The summed E-state index contributed by atoms with van der Waals surface area (Å²) in [6.07, 6.45) is 0.219. The van der Waals surface area contributed by atoms with Crippen LogP contribution < -0.4 is 4.74 Å². The Morgan fingerprint density at radius 3 is 2.38 bits per heavy atom. The monoisotopic (exact) mass is 295 g/mol. The molecule has 0 fully saturated rings. The van der Waals surface area contributed by atoms with Crippen LogP contribution >= 0.6 is 0 Å². The molecule has 2 N–H and O–H groups in total. The molecule has 0 saturated carbocycles. The van der Waals surface area contributed by atoms with Crippen LogP contribution in [0, 0.1) is 0 Å². The van der Waals surface area contributed by atoms with E-state index in [0.717, 1.165) is 0 Å². The van der Waals surface area contributed by atoms with Gasteiger partial charge in [-0.25, -0.2) is 0 Å². The van der Waals surface area contributed by atoms with E-state index < -0.39 is 11.5 Å². The van der Waals surface area contributed by atoms with Crippen LogP contribution in [-0.4, -0.2) is 46.3 Å². The maximum atomic E-state index is 11.8. The van der Waals surface area contributed by atoms with Crippen molar-refractivity contribution in [2.45, 2.75) is 39.7 Å². The van der Waals surface area contributed by atoms with E-state index in [2.05, 4.69) is 0 Å². The Morgan fingerprint density at radius 1 is 1.29 bits per heavy atom. The zero-order valence-electron chi connectivity index (χ0n) is 13.2. The normalized spacial score (nSPS) is 14.0. The zero-order chi connectivity index (χ0) is 16.0. The van der Waals surface area contributed by atoms with Gasteiger partial charge >= 0.3 is 5.97 Å². The van der Waals surface area contributed by atoms with E-state index in [4.69, 9.17) is 4.74 Å². The van der Waals surface area contributed by atoms with Gasteiger partial charge < -0.3 is 14.9 Å². The summed E-state index contributed by atoms with van der Waals surface area (Å²) < 4.78 is 5.35. The fourth-order valence-corrected chi connectivity index (χ4v) is 2.60. The van der Waals surface area contributed by atoms with Gasteiger partial charge in [-0.1, -0.05) is 26.0 Å². The number of phenolic OH excluding ortho intramolecular Hbond substituents is 1. The van der Waals surface area contributed by atoms with Crippen LogP contribution in [0.3, 0.4) is 0 Å². The molecule has 0 saturated heterocycles. The highest BCUT2D eigenvalue weighted by Crippen LogP contribution is 2.33. The summed E-state index contributed by atoms with van der Waals surface area (Å²) in [6.45, 7) is 9.10. The van der Waals surface area contributed by atoms with Crippen molar-refractivity contribution in [3.05, 3.63) is 23.8 Å². The van der Waals surface area contributed by atoms with Crippen LogP contribution in [0.1, 0.15) is 33.3 Å². The maximum Gasteiger partial charge on any atom is 0.324 e. The molecule has 1 aromatic carbocycles. The molecule has 5 heteroatoms. The van der Waals surface area contributed by atoms with Crippen LogP contribution in [0.2, 0.25) is 0 Å². The van der Waals surface area contributed by atoms with E-state index in [-0.39, 0.29) is 12.2 Å². The molecule has 0 aromatic heterocycles. The van der Waals surface area contributed by atoms with Crippen LogP contribution in [0.5, 0.6) is 11.5 Å². The number of para-hydroxylation sites is 1. The van der Waals surface area contributed by atoms with Crippen molar-refractivity contribution in [3.8, 4) is 11.5 Å². The van der Waals surface area contributed by atoms with Crippen molar-refractivity contribution in [3.63, 3.8) is 0 Å². The van der Waals surface area contributed by atoms with Crippen molar-refractivity contribution < 1.29 is 19.7 Å². The van der Waals surface area contributed by atoms with Gasteiger partial charge in [0, 0.05) is 12.0 Å². The van der Waals surface area contributed by atoms with Crippen molar-refractivity contribution in [2.24, 2.45) is 0 Å². The van der Waals surface area contributed by atoms with Crippen molar-refractivity contribution in [1.29, 1.82) is 0 Å². The van der Waals surface area contributed by atoms with Gasteiger partial charge in [0.1, 0.15) is 5.54 Å². The number of carbonyl (C=O) groups is 1. The van der Waals surface area contributed by atoms with Gasteiger partial charge in [0.2, 0.25) is 0 Å². The van der Waals surface area contributed by atoms with E-state index in [1.807, 2.05) is 25.7 Å². The summed E-state index contributed by atoms with van der Waals surface area (Å²) in [5.74, 6) is -0.478. The molecular formula is C16H25NO4. The number of benzene rings is 1. The minimum absolute atomic E-state index is 0.0268. The standard InChI is InChI=1S/C16H25NO4/c1-5-17(6-2)16(4,15(19)20)11-12-9-8-10-13(14(12)18)21-7-3/h8-10,18H,5-7,11H2,1-4H3,(H,19,20). The Balaban J connectivity index is 3.16. The predicted octanol–water partition coefficient (Wildman–Crippen LogP) is 2.52. The molecular weight excluding hydrogens is 270 g/mol. The van der Waals surface area contributed by atoms with E-state index in [1.165, 1.54) is 0 Å². The highest BCUT2D eigenvalue weighted by molar-refractivity contribution is 5.79. The second-order valence-corrected chi connectivity index (χ2v) is 5.12. The molecule has 0 amide bonds. The first-order valence-corrected chi connectivity index (χ1v) is 7.32. The number of aromatic hydroxyl groups is 1. The SMILES string of the molecule is CCOc1cccc(CC(C)(C(=O)O)N(CC)CC)c1O. The summed E-state index contributed by atoms with van der Waals surface area (Å²) in [7, 11) is 0. The highest BCUT2D eigenvalue weighted by Gasteiger charge is 2.39. The quantitative estimate of drug-likeness (QED) is 0.771. The van der Waals surface area contributed by atoms with Gasteiger partial charge in [-0.3, -0.25) is 9.69 Å². The lowest BCUT2D eigenvalue weighted by Gasteiger charge is -2.36. The van der Waals surface area contributed by atoms with E-state index in [0.29, 0.717) is 31.0 Å². The lowest BCUT2D eigenvalue weighted by Crippen LogP contribution is -2.53. The van der Waals surface area contributed by atoms with Gasteiger partial charge in [-0.15, -0.1) is 0 Å². The minimum Gasteiger partial charge on any atom is -0.504 e. The van der Waals surface area contributed by atoms with Gasteiger partial charge in [-0.2, -0.15) is 0 Å². The first-order valence-electron chi connectivity index (χ1n) is 7.32. The number of aliphatic carboxylic acids is 1. The van der Waals surface area contributed by atoms with Crippen molar-refractivity contribution in [2.75, 3.05) is 19.7 Å². The number of nitrogens with zero attached hydrogens (tertiary/aromatic N) is 1. The number of hydrogen-bond acceptors (Lipinski definition) is 4. The summed E-state index contributed by atoms with van der Waals surface area (Å²) >= 11 is 0. The predicted molar refractivity (Wildman–Crippen MR) is 81.9 cm³/mol. The van der Waals surface area contributed by atoms with Crippen LogP contribution in [0.25, 0.3) is 0 Å². The smallest absolute Gasteiger partial charge is 0.324 e. The molecule has 0 radical (unpaired) electrons. The molecule has 0 bridgehead atoms. The van der Waals surface area contributed by atoms with E-state index in [1.54, 1.807) is 25.1 Å². The van der Waals surface area contributed by atoms with Crippen molar-refractivity contribution in [1.82, 2.24) is 4.90 Å². The lowest BCUT2D eigenvalue weighted by molar-refractivity contribution is -0.150. The summed E-state index contributed by atoms with van der Waals surface area (Å²) in [4.78, 5) is 13.6. The average Bonchev–Trinajstić information content (AvgIpc) is 2.44. The first-order chi connectivity index (χ1) is 9.90. The Labute approximate surface area is 126 Å². The Bertz CT molecular complexity index is 485. The topological polar surface area (TPSA) is 70.0 Å². The highest BCUT2D eigenvalue weighted by atomic mass is 16.5. The molecule has 0 aliphatic heterocycles. The third-order valence-electron chi connectivity index (χ3n) is 3.84. The molecule has 21 heavy (non-hydrogen) atoms. The van der Waals surface area contributed by atoms with Crippen molar-refractivity contribution >= 4 is 5.97 Å². The molecule has 0 spiro atoms. The van der Waals surface area contributed by atoms with Gasteiger partial charge in [-0.05, 0) is 33.0 Å². The Morgan fingerprint density at radius 2 is 1.90 bits per heavy atom. The van der Waals surface area contributed by atoms with Crippen LogP contribution in [0.15, 0.2) is 18.2 Å². The average molecular weight is 295 g/mol. The lowest BCUT2D eigenvalue weighted by atomic mass is 9.90. The van der Waals surface area contributed by atoms with Gasteiger partial charge in [0.15, 0.2) is 11.5 Å². The summed E-state index contributed by atoms with van der Waals surface area (Å²) in [5.41, 5.74) is -0.482. The number of rotatable bonds is 8. The molecule has 118 valence electrons.